The van der Waals surface area contributed by atoms with E-state index in [-0.39, 0.29) is 11.8 Å². The van der Waals surface area contributed by atoms with E-state index in [4.69, 9.17) is 0 Å². The molecule has 5 nitrogen and oxygen atoms in total. The van der Waals surface area contributed by atoms with Crippen LogP contribution in [0, 0.1) is 0 Å². The van der Waals surface area contributed by atoms with Crippen LogP contribution in [0.15, 0.2) is 30.3 Å². The summed E-state index contributed by atoms with van der Waals surface area (Å²) in [7, 11) is 0. The van der Waals surface area contributed by atoms with Crippen LogP contribution in [-0.4, -0.2) is 38.7 Å². The van der Waals surface area contributed by atoms with Crippen molar-refractivity contribution in [3.63, 3.8) is 0 Å². The molecule has 1 atom stereocenters. The molecular formula is C21H28N4O. The average molecular weight is 352 g/mol. The number of likely N-dealkylation sites (tertiary alicyclic amines) is 1. The Hall–Kier alpha value is -2.17. The van der Waals surface area contributed by atoms with E-state index in [2.05, 4.69) is 14.8 Å². The number of rotatable bonds is 3. The first-order chi connectivity index (χ1) is 12.7. The van der Waals surface area contributed by atoms with Gasteiger partial charge in [-0.3, -0.25) is 4.79 Å². The van der Waals surface area contributed by atoms with E-state index in [9.17, 15) is 4.79 Å². The van der Waals surface area contributed by atoms with Gasteiger partial charge < -0.3 is 9.47 Å². The molecule has 0 saturated carbocycles. The zero-order valence-electron chi connectivity index (χ0n) is 15.6. The first-order valence-electron chi connectivity index (χ1n) is 9.99. The predicted octanol–water partition coefficient (Wildman–Crippen LogP) is 3.51. The highest BCUT2D eigenvalue weighted by molar-refractivity contribution is 5.83. The van der Waals surface area contributed by atoms with Gasteiger partial charge in [-0.2, -0.15) is 0 Å². The molecule has 0 unspecified atom stereocenters. The minimum Gasteiger partial charge on any atom is -0.342 e. The normalized spacial score (nSPS) is 19.7. The molecule has 138 valence electrons. The number of amides is 1. The number of hydrogen-bond acceptors (Lipinski definition) is 3. The maximum absolute atomic E-state index is 12.9. The van der Waals surface area contributed by atoms with E-state index in [1.54, 1.807) is 0 Å². The van der Waals surface area contributed by atoms with Crippen molar-refractivity contribution in [3.05, 3.63) is 47.5 Å². The van der Waals surface area contributed by atoms with Crippen LogP contribution < -0.4 is 0 Å². The fourth-order valence-electron chi connectivity index (χ4n) is 4.33. The third-order valence-corrected chi connectivity index (χ3v) is 5.98. The van der Waals surface area contributed by atoms with Crippen molar-refractivity contribution in [3.8, 4) is 0 Å². The maximum Gasteiger partial charge on any atom is 0.229 e. The first-order valence-corrected chi connectivity index (χ1v) is 9.99. The summed E-state index contributed by atoms with van der Waals surface area (Å²) in [6.07, 6.45) is 6.77. The van der Waals surface area contributed by atoms with E-state index in [1.807, 2.05) is 42.2 Å². The van der Waals surface area contributed by atoms with Crippen molar-refractivity contribution in [2.75, 3.05) is 13.1 Å². The molecule has 26 heavy (non-hydrogen) atoms. The Morgan fingerprint density at radius 3 is 2.58 bits per heavy atom. The van der Waals surface area contributed by atoms with Crippen LogP contribution in [0.4, 0.5) is 0 Å². The fraction of sp³-hybridized carbons (Fsp3) is 0.571. The van der Waals surface area contributed by atoms with Crippen molar-refractivity contribution in [1.82, 2.24) is 19.7 Å². The highest BCUT2D eigenvalue weighted by Gasteiger charge is 2.30. The molecule has 2 aliphatic rings. The molecule has 1 fully saturated rings. The second kappa shape index (κ2) is 7.60. The van der Waals surface area contributed by atoms with Crippen LogP contribution >= 0.6 is 0 Å². The zero-order chi connectivity index (χ0) is 17.9. The van der Waals surface area contributed by atoms with Crippen molar-refractivity contribution in [2.24, 2.45) is 0 Å². The molecule has 4 rings (SSSR count). The molecule has 1 saturated heterocycles. The van der Waals surface area contributed by atoms with Crippen molar-refractivity contribution in [2.45, 2.75) is 63.8 Å². The largest absolute Gasteiger partial charge is 0.342 e. The number of aromatic nitrogens is 3. The Kier molecular flexibility index (Phi) is 5.05. The Morgan fingerprint density at radius 2 is 1.81 bits per heavy atom. The van der Waals surface area contributed by atoms with Crippen LogP contribution in [-0.2, 0) is 17.8 Å². The van der Waals surface area contributed by atoms with Gasteiger partial charge in [0.05, 0.1) is 5.92 Å². The Labute approximate surface area is 155 Å². The minimum absolute atomic E-state index is 0.0721. The average Bonchev–Trinajstić information content (AvgIpc) is 2.96. The number of piperidine rings is 1. The topological polar surface area (TPSA) is 51.0 Å². The monoisotopic (exact) mass is 352 g/mol. The number of aryl methyl sites for hydroxylation is 1. The van der Waals surface area contributed by atoms with Crippen LogP contribution in [0.5, 0.6) is 0 Å². The van der Waals surface area contributed by atoms with E-state index in [1.165, 1.54) is 19.3 Å². The molecule has 1 aromatic heterocycles. The lowest BCUT2D eigenvalue weighted by atomic mass is 9.93. The molecule has 1 amide bonds. The van der Waals surface area contributed by atoms with Crippen LogP contribution in [0.3, 0.4) is 0 Å². The van der Waals surface area contributed by atoms with E-state index >= 15 is 0 Å². The van der Waals surface area contributed by atoms with Crippen molar-refractivity contribution in [1.29, 1.82) is 0 Å². The SMILES string of the molecule is C[C@@H](C(=O)N1CCC(c2nnc3n2CCCCC3)CC1)c1ccccc1. The van der Waals surface area contributed by atoms with E-state index in [0.29, 0.717) is 5.92 Å². The summed E-state index contributed by atoms with van der Waals surface area (Å²) in [5, 5.41) is 8.97. The maximum atomic E-state index is 12.9. The second-order valence-electron chi connectivity index (χ2n) is 7.67. The van der Waals surface area contributed by atoms with E-state index < -0.39 is 0 Å². The standard InChI is InChI=1S/C21H28N4O/c1-16(17-8-4-2-5-9-17)21(26)24-14-11-18(12-15-24)20-23-22-19-10-6-3-7-13-25(19)20/h2,4-5,8-9,16,18H,3,6-7,10-15H2,1H3/t16-/m1/s1. The number of nitrogens with zero attached hydrogens (tertiary/aromatic N) is 4. The fourth-order valence-corrected chi connectivity index (χ4v) is 4.33. The van der Waals surface area contributed by atoms with Gasteiger partial charge in [0.1, 0.15) is 11.6 Å². The summed E-state index contributed by atoms with van der Waals surface area (Å²) in [4.78, 5) is 14.9. The van der Waals surface area contributed by atoms with Gasteiger partial charge in [0, 0.05) is 32.0 Å². The van der Waals surface area contributed by atoms with Gasteiger partial charge in [-0.25, -0.2) is 0 Å². The van der Waals surface area contributed by atoms with Gasteiger partial charge in [0.25, 0.3) is 0 Å². The molecule has 1 aromatic carbocycles. The van der Waals surface area contributed by atoms with Crippen molar-refractivity contribution >= 4 is 5.91 Å². The summed E-state index contributed by atoms with van der Waals surface area (Å²) >= 11 is 0. The number of fused-ring (bicyclic) bond motifs is 1. The predicted molar refractivity (Wildman–Crippen MR) is 101 cm³/mol. The third kappa shape index (κ3) is 3.39. The summed E-state index contributed by atoms with van der Waals surface area (Å²) in [6.45, 7) is 4.72. The lowest BCUT2D eigenvalue weighted by molar-refractivity contribution is -0.133. The molecule has 0 radical (unpaired) electrons. The van der Waals surface area contributed by atoms with Crippen molar-refractivity contribution < 1.29 is 4.79 Å². The summed E-state index contributed by atoms with van der Waals surface area (Å²) < 4.78 is 2.36. The van der Waals surface area contributed by atoms with Crippen LogP contribution in [0.1, 0.15) is 68.1 Å². The molecule has 0 spiro atoms. The van der Waals surface area contributed by atoms with Gasteiger partial charge in [-0.15, -0.1) is 10.2 Å². The van der Waals surface area contributed by atoms with Gasteiger partial charge in [0.15, 0.2) is 0 Å². The lowest BCUT2D eigenvalue weighted by Gasteiger charge is -2.33. The summed E-state index contributed by atoms with van der Waals surface area (Å²) in [5.74, 6) is 2.93. The second-order valence-corrected chi connectivity index (χ2v) is 7.67. The number of benzene rings is 1. The van der Waals surface area contributed by atoms with Gasteiger partial charge >= 0.3 is 0 Å². The number of carbonyl (C=O) groups is 1. The van der Waals surface area contributed by atoms with Gasteiger partial charge in [-0.05, 0) is 38.2 Å². The molecule has 3 heterocycles. The zero-order valence-corrected chi connectivity index (χ0v) is 15.6. The summed E-state index contributed by atoms with van der Waals surface area (Å²) in [6, 6.07) is 10.1. The third-order valence-electron chi connectivity index (χ3n) is 5.98. The van der Waals surface area contributed by atoms with Crippen LogP contribution in [0.25, 0.3) is 0 Å². The molecule has 2 aliphatic heterocycles. The summed E-state index contributed by atoms with van der Waals surface area (Å²) in [5.41, 5.74) is 1.10. The Balaban J connectivity index is 1.40. The molecule has 0 bridgehead atoms. The van der Waals surface area contributed by atoms with Crippen LogP contribution in [0.2, 0.25) is 0 Å². The first kappa shape index (κ1) is 17.3. The molecule has 5 heteroatoms. The highest BCUT2D eigenvalue weighted by atomic mass is 16.2. The Morgan fingerprint density at radius 1 is 1.04 bits per heavy atom. The lowest BCUT2D eigenvalue weighted by Crippen LogP contribution is -2.40. The van der Waals surface area contributed by atoms with Gasteiger partial charge in [0.2, 0.25) is 5.91 Å². The minimum atomic E-state index is -0.0721. The number of carbonyl (C=O) groups excluding carboxylic acids is 1. The smallest absolute Gasteiger partial charge is 0.229 e. The van der Waals surface area contributed by atoms with Gasteiger partial charge in [-0.1, -0.05) is 36.8 Å². The Bertz CT molecular complexity index is 747. The molecule has 0 N–H and O–H groups in total. The molecular weight excluding hydrogens is 324 g/mol. The molecule has 0 aliphatic carbocycles. The number of hydrogen-bond donors (Lipinski definition) is 0. The highest BCUT2D eigenvalue weighted by Crippen LogP contribution is 2.30. The molecule has 2 aromatic rings. The van der Waals surface area contributed by atoms with E-state index in [0.717, 1.165) is 56.1 Å². The quantitative estimate of drug-likeness (QED) is 0.849.